The fourth-order valence-electron chi connectivity index (χ4n) is 2.91. The summed E-state index contributed by atoms with van der Waals surface area (Å²) < 4.78 is 1.47. The molecule has 29 heavy (non-hydrogen) atoms. The maximum absolute atomic E-state index is 12.3. The number of nitrogens with zero attached hydrogens (tertiary/aromatic N) is 3. The molecule has 4 rings (SSSR count). The molecule has 0 fully saturated rings. The highest BCUT2D eigenvalue weighted by molar-refractivity contribution is 7.13. The van der Waals surface area contributed by atoms with Crippen LogP contribution >= 0.6 is 11.3 Å². The maximum atomic E-state index is 12.3. The van der Waals surface area contributed by atoms with Crippen molar-refractivity contribution in [3.8, 4) is 27.8 Å². The molecule has 8 heteroatoms. The van der Waals surface area contributed by atoms with E-state index >= 15 is 0 Å². The van der Waals surface area contributed by atoms with Gasteiger partial charge in [-0.2, -0.15) is 9.78 Å². The predicted octanol–water partition coefficient (Wildman–Crippen LogP) is 4.09. The topological polar surface area (TPSA) is 92.7 Å². The molecule has 0 atom stereocenters. The Kier molecular flexibility index (Phi) is 5.35. The molecular weight excluding hydrogens is 386 g/mol. The van der Waals surface area contributed by atoms with Crippen molar-refractivity contribution in [3.63, 3.8) is 0 Å². The lowest BCUT2D eigenvalue weighted by molar-refractivity contribution is -0.116. The van der Waals surface area contributed by atoms with Crippen LogP contribution in [0.15, 0.2) is 64.8 Å². The van der Waals surface area contributed by atoms with Gasteiger partial charge < -0.3 is 5.32 Å². The van der Waals surface area contributed by atoms with E-state index in [0.717, 1.165) is 16.9 Å². The number of rotatable bonds is 6. The zero-order valence-electron chi connectivity index (χ0n) is 15.8. The van der Waals surface area contributed by atoms with E-state index in [4.69, 9.17) is 0 Å². The highest BCUT2D eigenvalue weighted by atomic mass is 32.1. The minimum atomic E-state index is -0.298. The Morgan fingerprint density at radius 2 is 1.97 bits per heavy atom. The van der Waals surface area contributed by atoms with Crippen LogP contribution in [0, 0.1) is 0 Å². The molecule has 0 spiro atoms. The van der Waals surface area contributed by atoms with Crippen molar-refractivity contribution in [2.45, 2.75) is 19.8 Å². The summed E-state index contributed by atoms with van der Waals surface area (Å²) in [6, 6.07) is 16.6. The summed E-state index contributed by atoms with van der Waals surface area (Å²) in [5.74, 6) is 0.583. The first kappa shape index (κ1) is 18.8. The van der Waals surface area contributed by atoms with E-state index in [0.29, 0.717) is 23.6 Å². The van der Waals surface area contributed by atoms with Crippen molar-refractivity contribution in [3.05, 3.63) is 70.3 Å². The van der Waals surface area contributed by atoms with Crippen molar-refractivity contribution in [2.24, 2.45) is 0 Å². The molecule has 7 nitrogen and oxygen atoms in total. The van der Waals surface area contributed by atoms with Crippen LogP contribution in [0.25, 0.3) is 27.8 Å². The van der Waals surface area contributed by atoms with Gasteiger partial charge in [0.15, 0.2) is 0 Å². The third-order valence-corrected chi connectivity index (χ3v) is 5.12. The van der Waals surface area contributed by atoms with Gasteiger partial charge in [-0.15, -0.1) is 11.3 Å². The average Bonchev–Trinajstić information content (AvgIpc) is 3.38. The fraction of sp³-hybridized carbons (Fsp3) is 0.143. The maximum Gasteiger partial charge on any atom is 0.252 e. The normalized spacial score (nSPS) is 10.8. The SMILES string of the molecule is CCCC(=O)Nc1cc(-c2cccs2)nn1-c1nc(-c2ccccc2)cc(=O)[nH]1. The summed E-state index contributed by atoms with van der Waals surface area (Å²) in [6.07, 6.45) is 1.13. The number of carbonyl (C=O) groups is 1. The monoisotopic (exact) mass is 405 g/mol. The molecule has 3 heterocycles. The van der Waals surface area contributed by atoms with Crippen LogP contribution in [-0.4, -0.2) is 25.7 Å². The van der Waals surface area contributed by atoms with Crippen molar-refractivity contribution < 1.29 is 4.79 Å². The van der Waals surface area contributed by atoms with E-state index in [1.807, 2.05) is 54.8 Å². The highest BCUT2D eigenvalue weighted by Crippen LogP contribution is 2.27. The van der Waals surface area contributed by atoms with E-state index < -0.39 is 0 Å². The number of nitrogens with one attached hydrogen (secondary N) is 2. The van der Waals surface area contributed by atoms with Crippen molar-refractivity contribution >= 4 is 23.1 Å². The van der Waals surface area contributed by atoms with Crippen molar-refractivity contribution in [1.82, 2.24) is 19.7 Å². The van der Waals surface area contributed by atoms with Gasteiger partial charge in [-0.3, -0.25) is 14.6 Å². The third-order valence-electron chi connectivity index (χ3n) is 4.23. The Labute approximate surface area is 171 Å². The molecule has 1 amide bonds. The lowest BCUT2D eigenvalue weighted by atomic mass is 10.1. The minimum absolute atomic E-state index is 0.118. The second-order valence-corrected chi connectivity index (χ2v) is 7.37. The Balaban J connectivity index is 1.82. The van der Waals surface area contributed by atoms with Crippen LogP contribution < -0.4 is 10.9 Å². The van der Waals surface area contributed by atoms with Crippen LogP contribution in [0.4, 0.5) is 5.82 Å². The highest BCUT2D eigenvalue weighted by Gasteiger charge is 2.16. The zero-order chi connectivity index (χ0) is 20.2. The van der Waals surface area contributed by atoms with Crippen LogP contribution in [-0.2, 0) is 4.79 Å². The van der Waals surface area contributed by atoms with Gasteiger partial charge in [-0.1, -0.05) is 43.3 Å². The molecule has 0 saturated carbocycles. The van der Waals surface area contributed by atoms with Crippen LogP contribution in [0.1, 0.15) is 19.8 Å². The molecular formula is C21H19N5O2S. The molecule has 0 unspecified atom stereocenters. The number of benzene rings is 1. The summed E-state index contributed by atoms with van der Waals surface area (Å²) in [6.45, 7) is 1.94. The van der Waals surface area contributed by atoms with E-state index in [-0.39, 0.29) is 17.4 Å². The standard InChI is InChI=1S/C21H19N5O2S/c1-2-7-19(27)23-18-12-16(17-10-6-11-29-17)25-26(18)21-22-15(13-20(28)24-21)14-8-4-3-5-9-14/h3-6,8-13H,2,7H2,1H3,(H,23,27)(H,22,24,28). The fourth-order valence-corrected chi connectivity index (χ4v) is 3.59. The van der Waals surface area contributed by atoms with Gasteiger partial charge in [-0.25, -0.2) is 4.98 Å². The molecule has 4 aromatic rings. The zero-order valence-corrected chi connectivity index (χ0v) is 16.6. The third kappa shape index (κ3) is 4.17. The molecule has 0 aliphatic carbocycles. The quantitative estimate of drug-likeness (QED) is 0.505. The molecule has 2 N–H and O–H groups in total. The Morgan fingerprint density at radius 3 is 2.69 bits per heavy atom. The number of thiophene rings is 1. The minimum Gasteiger partial charge on any atom is -0.310 e. The smallest absolute Gasteiger partial charge is 0.252 e. The number of amides is 1. The van der Waals surface area contributed by atoms with Gasteiger partial charge in [0.05, 0.1) is 10.6 Å². The summed E-state index contributed by atoms with van der Waals surface area (Å²) in [5, 5.41) is 9.42. The van der Waals surface area contributed by atoms with Gasteiger partial charge in [0, 0.05) is 24.1 Å². The second-order valence-electron chi connectivity index (χ2n) is 6.42. The van der Waals surface area contributed by atoms with Gasteiger partial charge in [0.2, 0.25) is 11.9 Å². The van der Waals surface area contributed by atoms with E-state index in [1.165, 1.54) is 10.7 Å². The lowest BCUT2D eigenvalue weighted by Crippen LogP contribution is -2.18. The molecule has 0 aliphatic rings. The van der Waals surface area contributed by atoms with E-state index in [1.54, 1.807) is 17.4 Å². The summed E-state index contributed by atoms with van der Waals surface area (Å²) >= 11 is 1.54. The molecule has 0 bridgehead atoms. The van der Waals surface area contributed by atoms with Gasteiger partial charge >= 0.3 is 0 Å². The number of aromatic amines is 1. The van der Waals surface area contributed by atoms with E-state index in [9.17, 15) is 9.59 Å². The Hall–Kier alpha value is -3.52. The summed E-state index contributed by atoms with van der Waals surface area (Å²) in [4.78, 5) is 32.8. The van der Waals surface area contributed by atoms with Crippen molar-refractivity contribution in [2.75, 3.05) is 5.32 Å². The number of aromatic nitrogens is 4. The number of hydrogen-bond acceptors (Lipinski definition) is 5. The first-order valence-electron chi connectivity index (χ1n) is 9.25. The second kappa shape index (κ2) is 8.24. The number of anilines is 1. The average molecular weight is 405 g/mol. The van der Waals surface area contributed by atoms with Gasteiger partial charge in [0.1, 0.15) is 11.5 Å². The molecule has 0 radical (unpaired) electrons. The number of H-pyrrole nitrogens is 1. The number of hydrogen-bond donors (Lipinski definition) is 2. The number of carbonyl (C=O) groups excluding carboxylic acids is 1. The van der Waals surface area contributed by atoms with Crippen LogP contribution in [0.3, 0.4) is 0 Å². The first-order valence-corrected chi connectivity index (χ1v) is 10.1. The van der Waals surface area contributed by atoms with Crippen LogP contribution in [0.5, 0.6) is 0 Å². The predicted molar refractivity (Wildman–Crippen MR) is 114 cm³/mol. The Morgan fingerprint density at radius 1 is 1.14 bits per heavy atom. The molecule has 0 aliphatic heterocycles. The first-order chi connectivity index (χ1) is 14.1. The van der Waals surface area contributed by atoms with E-state index in [2.05, 4.69) is 20.4 Å². The molecule has 1 aromatic carbocycles. The summed E-state index contributed by atoms with van der Waals surface area (Å²) in [7, 11) is 0. The van der Waals surface area contributed by atoms with Crippen molar-refractivity contribution in [1.29, 1.82) is 0 Å². The molecule has 3 aromatic heterocycles. The van der Waals surface area contributed by atoms with Gasteiger partial charge in [0.25, 0.3) is 5.56 Å². The molecule has 146 valence electrons. The molecule has 0 saturated heterocycles. The lowest BCUT2D eigenvalue weighted by Gasteiger charge is -2.09. The Bertz CT molecular complexity index is 1180. The summed E-state index contributed by atoms with van der Waals surface area (Å²) in [5.41, 5.74) is 1.75. The largest absolute Gasteiger partial charge is 0.310 e. The van der Waals surface area contributed by atoms with Gasteiger partial charge in [-0.05, 0) is 17.9 Å². The van der Waals surface area contributed by atoms with Crippen LogP contribution in [0.2, 0.25) is 0 Å².